The minimum absolute atomic E-state index is 0.0435. The molecule has 2 aliphatic heterocycles. The van der Waals surface area contributed by atoms with E-state index in [1.165, 1.54) is 11.1 Å². The van der Waals surface area contributed by atoms with Gasteiger partial charge in [-0.15, -0.1) is 0 Å². The molecule has 190 valence electrons. The predicted octanol–water partition coefficient (Wildman–Crippen LogP) is 5.72. The van der Waals surface area contributed by atoms with E-state index in [2.05, 4.69) is 65.7 Å². The molecule has 1 fully saturated rings. The zero-order chi connectivity index (χ0) is 25.6. The normalized spacial score (nSPS) is 15.9. The first kappa shape index (κ1) is 24.8. The predicted molar refractivity (Wildman–Crippen MR) is 146 cm³/mol. The van der Waals surface area contributed by atoms with Gasteiger partial charge in [-0.2, -0.15) is 0 Å². The van der Waals surface area contributed by atoms with Gasteiger partial charge in [-0.05, 0) is 37.0 Å². The van der Waals surface area contributed by atoms with Crippen LogP contribution in [-0.2, 0) is 22.6 Å². The molecule has 1 N–H and O–H groups in total. The number of piperidine rings is 1. The van der Waals surface area contributed by atoms with Gasteiger partial charge in [-0.25, -0.2) is 4.79 Å². The van der Waals surface area contributed by atoms with Crippen LogP contribution in [0, 0.1) is 0 Å². The van der Waals surface area contributed by atoms with Crippen LogP contribution >= 0.6 is 0 Å². The summed E-state index contributed by atoms with van der Waals surface area (Å²) in [6, 6.07) is 28.6. The molecule has 3 aromatic rings. The highest BCUT2D eigenvalue weighted by Crippen LogP contribution is 2.36. The highest BCUT2D eigenvalue weighted by Gasteiger charge is 2.30. The van der Waals surface area contributed by atoms with E-state index in [4.69, 9.17) is 4.74 Å². The van der Waals surface area contributed by atoms with Gasteiger partial charge < -0.3 is 15.0 Å². The number of carbonyl (C=O) groups is 2. The van der Waals surface area contributed by atoms with Crippen molar-refractivity contribution in [1.29, 1.82) is 0 Å². The van der Waals surface area contributed by atoms with Crippen molar-refractivity contribution >= 4 is 23.3 Å². The third-order valence-corrected chi connectivity index (χ3v) is 7.18. The molecule has 0 spiro atoms. The van der Waals surface area contributed by atoms with Crippen molar-refractivity contribution < 1.29 is 14.3 Å². The van der Waals surface area contributed by atoms with Gasteiger partial charge in [0.25, 0.3) is 5.91 Å². The Kier molecular flexibility index (Phi) is 7.66. The monoisotopic (exact) mass is 495 g/mol. The summed E-state index contributed by atoms with van der Waals surface area (Å²) in [6.45, 7) is 5.09. The number of likely N-dealkylation sites (tertiary alicyclic amines) is 1. The maximum absolute atomic E-state index is 12.9. The van der Waals surface area contributed by atoms with E-state index in [9.17, 15) is 9.59 Å². The molecule has 5 rings (SSSR count). The zero-order valence-electron chi connectivity index (χ0n) is 21.2. The molecular formula is C31H33N3O3. The van der Waals surface area contributed by atoms with Crippen molar-refractivity contribution in [2.75, 3.05) is 25.0 Å². The number of nitrogens with one attached hydrogen (secondary N) is 1. The summed E-state index contributed by atoms with van der Waals surface area (Å²) in [4.78, 5) is 29.6. The number of hydrogen-bond acceptors (Lipinski definition) is 4. The number of nitrogens with zero attached hydrogens (tertiary/aromatic N) is 2. The topological polar surface area (TPSA) is 61.9 Å². The first-order valence-corrected chi connectivity index (χ1v) is 12.9. The van der Waals surface area contributed by atoms with Crippen LogP contribution in [0.3, 0.4) is 0 Å². The fourth-order valence-corrected chi connectivity index (χ4v) is 5.07. The lowest BCUT2D eigenvalue weighted by atomic mass is 9.94. The molecule has 2 aliphatic rings. The van der Waals surface area contributed by atoms with Crippen LogP contribution in [0.25, 0.3) is 5.57 Å². The van der Waals surface area contributed by atoms with Crippen LogP contribution in [0.1, 0.15) is 36.5 Å². The van der Waals surface area contributed by atoms with Crippen LogP contribution in [0.5, 0.6) is 0 Å². The number of fused-ring (bicyclic) bond motifs is 1. The Morgan fingerprint density at radius 1 is 0.892 bits per heavy atom. The molecule has 0 bridgehead atoms. The summed E-state index contributed by atoms with van der Waals surface area (Å²) in [5.74, 6) is -0.0435. The summed E-state index contributed by atoms with van der Waals surface area (Å²) in [5.41, 5.74) is 6.16. The Morgan fingerprint density at radius 2 is 1.46 bits per heavy atom. The van der Waals surface area contributed by atoms with Gasteiger partial charge in [0, 0.05) is 49.0 Å². The number of benzene rings is 3. The SMILES string of the molecule is CC(COC(=O)N1CCC(=C2C(=O)Nc3ccccc32)CC1)N(Cc1ccccc1)Cc1ccccc1. The molecule has 0 saturated carbocycles. The number of carbonyl (C=O) groups excluding carboxylic acids is 2. The summed E-state index contributed by atoms with van der Waals surface area (Å²) < 4.78 is 5.79. The molecule has 1 unspecified atom stereocenters. The molecular weight excluding hydrogens is 462 g/mol. The van der Waals surface area contributed by atoms with Crippen molar-refractivity contribution in [3.8, 4) is 0 Å². The number of para-hydroxylation sites is 1. The maximum Gasteiger partial charge on any atom is 0.409 e. The fourth-order valence-electron chi connectivity index (χ4n) is 5.07. The number of rotatable bonds is 7. The maximum atomic E-state index is 12.9. The molecule has 0 radical (unpaired) electrons. The lowest BCUT2D eigenvalue weighted by molar-refractivity contribution is -0.110. The largest absolute Gasteiger partial charge is 0.448 e. The number of ether oxygens (including phenoxy) is 1. The van der Waals surface area contributed by atoms with Gasteiger partial charge in [-0.3, -0.25) is 9.69 Å². The Bertz CT molecular complexity index is 1220. The second-order valence-corrected chi connectivity index (χ2v) is 9.77. The number of hydrogen-bond donors (Lipinski definition) is 1. The van der Waals surface area contributed by atoms with E-state index in [0.29, 0.717) is 32.5 Å². The lowest BCUT2D eigenvalue weighted by Crippen LogP contribution is -2.41. The smallest absolute Gasteiger partial charge is 0.409 e. The van der Waals surface area contributed by atoms with E-state index < -0.39 is 0 Å². The Balaban J connectivity index is 1.18. The molecule has 3 aromatic carbocycles. The van der Waals surface area contributed by atoms with Crippen LogP contribution in [0.4, 0.5) is 10.5 Å². The van der Waals surface area contributed by atoms with E-state index in [1.54, 1.807) is 4.90 Å². The Hall–Kier alpha value is -3.90. The van der Waals surface area contributed by atoms with Crippen molar-refractivity contribution in [3.05, 3.63) is 107 Å². The Labute approximate surface area is 218 Å². The van der Waals surface area contributed by atoms with Gasteiger partial charge >= 0.3 is 6.09 Å². The van der Waals surface area contributed by atoms with Crippen LogP contribution in [0.15, 0.2) is 90.5 Å². The minimum Gasteiger partial charge on any atom is -0.448 e. The molecule has 1 atom stereocenters. The van der Waals surface area contributed by atoms with Crippen LogP contribution < -0.4 is 5.32 Å². The van der Waals surface area contributed by atoms with Crippen molar-refractivity contribution in [3.63, 3.8) is 0 Å². The van der Waals surface area contributed by atoms with Crippen molar-refractivity contribution in [2.45, 2.75) is 38.9 Å². The third kappa shape index (κ3) is 5.92. The van der Waals surface area contributed by atoms with E-state index in [0.717, 1.165) is 35.5 Å². The van der Waals surface area contributed by atoms with Gasteiger partial charge in [0.2, 0.25) is 0 Å². The first-order valence-electron chi connectivity index (χ1n) is 12.9. The van der Waals surface area contributed by atoms with Crippen LogP contribution in [-0.4, -0.2) is 47.5 Å². The third-order valence-electron chi connectivity index (χ3n) is 7.18. The quantitative estimate of drug-likeness (QED) is 0.426. The Morgan fingerprint density at radius 3 is 2.08 bits per heavy atom. The highest BCUT2D eigenvalue weighted by atomic mass is 16.6. The second-order valence-electron chi connectivity index (χ2n) is 9.77. The standard InChI is InChI=1S/C31H33N3O3/c1-23(34(20-24-10-4-2-5-11-24)21-25-12-6-3-7-13-25)22-37-31(36)33-18-16-26(17-19-33)29-27-14-8-9-15-28(27)32-30(29)35/h2-15,23H,16-22H2,1H3,(H,32,35). The first-order chi connectivity index (χ1) is 18.1. The van der Waals surface area contributed by atoms with Gasteiger partial charge in [0.1, 0.15) is 6.61 Å². The molecule has 0 aliphatic carbocycles. The molecule has 2 amide bonds. The summed E-state index contributed by atoms with van der Waals surface area (Å²) in [6.07, 6.45) is 1.07. The van der Waals surface area contributed by atoms with Gasteiger partial charge in [0.05, 0.1) is 0 Å². The average Bonchev–Trinajstić information content (AvgIpc) is 3.28. The van der Waals surface area contributed by atoms with Crippen LogP contribution in [0.2, 0.25) is 0 Å². The molecule has 1 saturated heterocycles. The van der Waals surface area contributed by atoms with E-state index in [-0.39, 0.29) is 18.0 Å². The highest BCUT2D eigenvalue weighted by molar-refractivity contribution is 6.32. The summed E-state index contributed by atoms with van der Waals surface area (Å²) in [5, 5.41) is 2.95. The van der Waals surface area contributed by atoms with E-state index in [1.807, 2.05) is 36.4 Å². The van der Waals surface area contributed by atoms with Crippen molar-refractivity contribution in [1.82, 2.24) is 9.80 Å². The molecule has 37 heavy (non-hydrogen) atoms. The molecule has 0 aromatic heterocycles. The molecule has 2 heterocycles. The lowest BCUT2D eigenvalue weighted by Gasteiger charge is -2.31. The zero-order valence-corrected chi connectivity index (χ0v) is 21.2. The molecule has 6 nitrogen and oxygen atoms in total. The van der Waals surface area contributed by atoms with E-state index >= 15 is 0 Å². The van der Waals surface area contributed by atoms with Gasteiger partial charge in [0.15, 0.2) is 0 Å². The summed E-state index contributed by atoms with van der Waals surface area (Å²) >= 11 is 0. The van der Waals surface area contributed by atoms with Gasteiger partial charge in [-0.1, -0.05) is 84.4 Å². The molecule has 6 heteroatoms. The number of amides is 2. The second kappa shape index (κ2) is 11.4. The average molecular weight is 496 g/mol. The summed E-state index contributed by atoms with van der Waals surface area (Å²) in [7, 11) is 0. The number of anilines is 1. The minimum atomic E-state index is -0.286. The fraction of sp³-hybridized carbons (Fsp3) is 0.290. The van der Waals surface area contributed by atoms with Crippen molar-refractivity contribution in [2.24, 2.45) is 0 Å².